The fourth-order valence-electron chi connectivity index (χ4n) is 2.17. The average molecular weight is 275 g/mol. The van der Waals surface area contributed by atoms with E-state index in [4.69, 9.17) is 11.6 Å². The third-order valence-corrected chi connectivity index (χ3v) is 5.43. The molecule has 6 heteroatoms. The van der Waals surface area contributed by atoms with Crippen molar-refractivity contribution in [2.24, 2.45) is 0 Å². The van der Waals surface area contributed by atoms with E-state index in [1.165, 1.54) is 18.3 Å². The van der Waals surface area contributed by atoms with Gasteiger partial charge in [0.05, 0.1) is 0 Å². The van der Waals surface area contributed by atoms with Crippen LogP contribution in [0.4, 0.5) is 0 Å². The molecule has 1 saturated heterocycles. The summed E-state index contributed by atoms with van der Waals surface area (Å²) in [6.07, 6.45) is 3.09. The second-order valence-corrected chi connectivity index (χ2v) is 7.06. The van der Waals surface area contributed by atoms with Crippen molar-refractivity contribution in [3.05, 3.63) is 23.5 Å². The van der Waals surface area contributed by atoms with Gasteiger partial charge in [0.1, 0.15) is 10.0 Å². The van der Waals surface area contributed by atoms with Crippen LogP contribution in [0.15, 0.2) is 23.2 Å². The Hall–Kier alpha value is -0.650. The number of hydrogen-bond donors (Lipinski definition) is 0. The van der Waals surface area contributed by atoms with Gasteiger partial charge in [0.25, 0.3) is 0 Å². The van der Waals surface area contributed by atoms with E-state index in [1.54, 1.807) is 4.31 Å². The highest BCUT2D eigenvalue weighted by Crippen LogP contribution is 2.33. The lowest BCUT2D eigenvalue weighted by atomic mass is 10.0. The fraction of sp³-hybridized carbons (Fsp3) is 0.545. The molecular weight excluding hydrogens is 260 g/mol. The number of rotatable bonds is 2. The van der Waals surface area contributed by atoms with Crippen molar-refractivity contribution < 1.29 is 8.42 Å². The van der Waals surface area contributed by atoms with Crippen molar-refractivity contribution in [1.29, 1.82) is 0 Å². The van der Waals surface area contributed by atoms with E-state index < -0.39 is 10.0 Å². The van der Waals surface area contributed by atoms with Crippen molar-refractivity contribution in [2.45, 2.75) is 37.1 Å². The van der Waals surface area contributed by atoms with Crippen molar-refractivity contribution in [3.63, 3.8) is 0 Å². The number of hydrogen-bond acceptors (Lipinski definition) is 3. The number of nitrogens with zero attached hydrogens (tertiary/aromatic N) is 2. The van der Waals surface area contributed by atoms with Crippen LogP contribution in [0, 0.1) is 0 Å². The Bertz CT molecular complexity index is 511. The molecule has 0 radical (unpaired) electrons. The zero-order valence-electron chi connectivity index (χ0n) is 9.85. The lowest BCUT2D eigenvalue weighted by Crippen LogP contribution is -2.42. The van der Waals surface area contributed by atoms with E-state index in [-0.39, 0.29) is 10.4 Å². The largest absolute Gasteiger partial charge is 0.245 e. The molecule has 0 saturated carbocycles. The highest BCUT2D eigenvalue weighted by atomic mass is 35.5. The fourth-order valence-corrected chi connectivity index (χ4v) is 4.07. The lowest BCUT2D eigenvalue weighted by Gasteiger charge is -2.30. The molecule has 0 atom stereocenters. The maximum absolute atomic E-state index is 12.4. The predicted molar refractivity (Wildman–Crippen MR) is 66.5 cm³/mol. The summed E-state index contributed by atoms with van der Waals surface area (Å²) in [6, 6.07) is 3.00. The minimum Gasteiger partial charge on any atom is -0.243 e. The van der Waals surface area contributed by atoms with Crippen molar-refractivity contribution in [3.8, 4) is 0 Å². The topological polar surface area (TPSA) is 50.3 Å². The van der Waals surface area contributed by atoms with Crippen LogP contribution in [0.5, 0.6) is 0 Å². The van der Waals surface area contributed by atoms with Crippen molar-refractivity contribution in [2.75, 3.05) is 6.54 Å². The second-order valence-electron chi connectivity index (χ2n) is 4.81. The van der Waals surface area contributed by atoms with E-state index in [1.807, 2.05) is 13.8 Å². The number of halogens is 1. The number of sulfonamides is 1. The molecule has 1 aliphatic heterocycles. The van der Waals surface area contributed by atoms with Gasteiger partial charge in [0.2, 0.25) is 10.0 Å². The molecule has 0 aliphatic carbocycles. The van der Waals surface area contributed by atoms with Gasteiger partial charge in [-0.3, -0.25) is 0 Å². The molecular formula is C11H15ClN2O2S. The summed E-state index contributed by atoms with van der Waals surface area (Å²) >= 11 is 5.66. The molecule has 94 valence electrons. The Labute approximate surface area is 107 Å². The first kappa shape index (κ1) is 12.8. The van der Waals surface area contributed by atoms with Crippen LogP contribution in [0.3, 0.4) is 0 Å². The zero-order chi connectivity index (χ0) is 12.7. The molecule has 0 amide bonds. The smallest absolute Gasteiger partial charge is 0.243 e. The summed E-state index contributed by atoms with van der Waals surface area (Å²) < 4.78 is 26.4. The van der Waals surface area contributed by atoms with Crippen molar-refractivity contribution >= 4 is 21.6 Å². The van der Waals surface area contributed by atoms with Gasteiger partial charge < -0.3 is 0 Å². The first-order valence-electron chi connectivity index (χ1n) is 5.48. The van der Waals surface area contributed by atoms with Crippen LogP contribution >= 0.6 is 11.6 Å². The van der Waals surface area contributed by atoms with E-state index in [2.05, 4.69) is 4.98 Å². The lowest BCUT2D eigenvalue weighted by molar-refractivity contribution is 0.291. The van der Waals surface area contributed by atoms with Gasteiger partial charge in [0.15, 0.2) is 0 Å². The van der Waals surface area contributed by atoms with Crippen LogP contribution in [0.1, 0.15) is 26.7 Å². The Morgan fingerprint density at radius 3 is 2.59 bits per heavy atom. The summed E-state index contributed by atoms with van der Waals surface area (Å²) in [5.41, 5.74) is -0.321. The molecule has 0 unspecified atom stereocenters. The molecule has 2 rings (SSSR count). The maximum atomic E-state index is 12.4. The predicted octanol–water partition coefficient (Wildman–Crippen LogP) is 2.30. The number of aromatic nitrogens is 1. The minimum absolute atomic E-state index is 0.205. The number of pyridine rings is 1. The Balaban J connectivity index is 2.40. The van der Waals surface area contributed by atoms with E-state index in [9.17, 15) is 8.42 Å². The second kappa shape index (κ2) is 4.23. The third kappa shape index (κ3) is 2.32. The van der Waals surface area contributed by atoms with Gasteiger partial charge in [-0.1, -0.05) is 11.6 Å². The first-order valence-corrected chi connectivity index (χ1v) is 7.30. The molecule has 0 aromatic carbocycles. The Morgan fingerprint density at radius 2 is 2.12 bits per heavy atom. The summed E-state index contributed by atoms with van der Waals surface area (Å²) in [5.74, 6) is 0. The summed E-state index contributed by atoms with van der Waals surface area (Å²) in [5, 5.41) is 0.296. The molecule has 17 heavy (non-hydrogen) atoms. The standard InChI is InChI=1S/C11H15ClN2O2S/c1-11(2)6-3-7-14(11)17(15,16)9-4-5-10(12)13-8-9/h4-5,8H,3,6-7H2,1-2H3. The SMILES string of the molecule is CC1(C)CCCN1S(=O)(=O)c1ccc(Cl)nc1. The van der Waals surface area contributed by atoms with Crippen LogP contribution < -0.4 is 0 Å². The Kier molecular flexibility index (Phi) is 3.18. The summed E-state index contributed by atoms with van der Waals surface area (Å²) in [4.78, 5) is 4.03. The van der Waals surface area contributed by atoms with Gasteiger partial charge in [0, 0.05) is 18.3 Å². The quantitative estimate of drug-likeness (QED) is 0.778. The van der Waals surface area contributed by atoms with E-state index >= 15 is 0 Å². The summed E-state index contributed by atoms with van der Waals surface area (Å²) in [7, 11) is -3.45. The summed E-state index contributed by atoms with van der Waals surface area (Å²) in [6.45, 7) is 4.46. The van der Waals surface area contributed by atoms with Crippen LogP contribution in [-0.2, 0) is 10.0 Å². The molecule has 0 N–H and O–H groups in total. The highest BCUT2D eigenvalue weighted by Gasteiger charge is 2.40. The molecule has 1 aliphatic rings. The molecule has 1 fully saturated rings. The highest BCUT2D eigenvalue weighted by molar-refractivity contribution is 7.89. The molecule has 1 aromatic rings. The Morgan fingerprint density at radius 1 is 1.41 bits per heavy atom. The molecule has 0 bridgehead atoms. The monoisotopic (exact) mass is 274 g/mol. The first-order chi connectivity index (χ1) is 7.84. The maximum Gasteiger partial charge on any atom is 0.245 e. The zero-order valence-corrected chi connectivity index (χ0v) is 11.4. The van der Waals surface area contributed by atoms with Gasteiger partial charge >= 0.3 is 0 Å². The molecule has 4 nitrogen and oxygen atoms in total. The normalized spacial score (nSPS) is 20.6. The van der Waals surface area contributed by atoms with Crippen LogP contribution in [-0.4, -0.2) is 29.8 Å². The third-order valence-electron chi connectivity index (χ3n) is 3.11. The van der Waals surface area contributed by atoms with Gasteiger partial charge in [-0.25, -0.2) is 13.4 Å². The molecule has 2 heterocycles. The van der Waals surface area contributed by atoms with Gasteiger partial charge in [-0.05, 0) is 38.8 Å². The average Bonchev–Trinajstić information content (AvgIpc) is 2.59. The molecule has 1 aromatic heterocycles. The molecule has 0 spiro atoms. The van der Waals surface area contributed by atoms with Gasteiger partial charge in [-0.2, -0.15) is 4.31 Å². The van der Waals surface area contributed by atoms with Crippen LogP contribution in [0.25, 0.3) is 0 Å². The van der Waals surface area contributed by atoms with E-state index in [0.29, 0.717) is 11.7 Å². The minimum atomic E-state index is -3.45. The van der Waals surface area contributed by atoms with Crippen LogP contribution in [0.2, 0.25) is 5.15 Å². The van der Waals surface area contributed by atoms with E-state index in [0.717, 1.165) is 12.8 Å². The van der Waals surface area contributed by atoms with Gasteiger partial charge in [-0.15, -0.1) is 0 Å². The van der Waals surface area contributed by atoms with Crippen molar-refractivity contribution in [1.82, 2.24) is 9.29 Å².